The zero-order valence-corrected chi connectivity index (χ0v) is 30.2. The molecule has 0 saturated carbocycles. The molecule has 6 aromatic rings. The van der Waals surface area contributed by atoms with Gasteiger partial charge in [0.1, 0.15) is 8.42 Å². The summed E-state index contributed by atoms with van der Waals surface area (Å²) in [6, 6.07) is 20.7. The molecule has 0 saturated heterocycles. The first-order valence-corrected chi connectivity index (χ1v) is 21.9. The summed E-state index contributed by atoms with van der Waals surface area (Å²) < 4.78 is 55.6. The fraction of sp³-hybridized carbons (Fsp3) is 0.421. The normalized spacial score (nSPS) is 12.8. The van der Waals surface area contributed by atoms with Crippen LogP contribution in [0.15, 0.2) is 69.1 Å². The molecule has 0 unspecified atom stereocenters. The van der Waals surface area contributed by atoms with Crippen molar-refractivity contribution in [3.8, 4) is 0 Å². The third-order valence-corrected chi connectivity index (χ3v) is 16.1. The van der Waals surface area contributed by atoms with Crippen molar-refractivity contribution in [2.24, 2.45) is 0 Å². The van der Waals surface area contributed by atoms with Crippen molar-refractivity contribution in [1.29, 1.82) is 0 Å². The summed E-state index contributed by atoms with van der Waals surface area (Å²) >= 11 is 2.75. The predicted molar refractivity (Wildman–Crippen MR) is 201 cm³/mol. The molecule has 8 heteroatoms. The minimum atomic E-state index is -3.31. The molecule has 0 bridgehead atoms. The molecular weight excluding hydrogens is 649 g/mol. The number of hydrogen-bond donors (Lipinski definition) is 0. The fourth-order valence-corrected chi connectivity index (χ4v) is 12.4. The van der Waals surface area contributed by atoms with Crippen LogP contribution in [0.4, 0.5) is 0 Å². The predicted octanol–water partition coefficient (Wildman–Crippen LogP) is 11.8. The van der Waals surface area contributed by atoms with Crippen LogP contribution in [-0.4, -0.2) is 28.3 Å². The summed E-state index contributed by atoms with van der Waals surface area (Å²) in [6.07, 6.45) is 12.7. The van der Waals surface area contributed by atoms with Crippen molar-refractivity contribution in [3.63, 3.8) is 0 Å². The third kappa shape index (κ3) is 7.15. The molecule has 0 radical (unpaired) electrons. The van der Waals surface area contributed by atoms with E-state index in [4.69, 9.17) is 0 Å². The van der Waals surface area contributed by atoms with Gasteiger partial charge in [-0.05, 0) is 92.3 Å². The van der Waals surface area contributed by atoms with Gasteiger partial charge < -0.3 is 0 Å². The van der Waals surface area contributed by atoms with E-state index in [1.54, 1.807) is 0 Å². The van der Waals surface area contributed by atoms with Crippen molar-refractivity contribution in [1.82, 2.24) is 0 Å². The lowest BCUT2D eigenvalue weighted by molar-refractivity contribution is 0.584. The molecule has 0 aliphatic carbocycles. The Hall–Kier alpha value is -2.52. The third-order valence-electron chi connectivity index (χ3n) is 9.21. The Morgan fingerprint density at radius 3 is 1.24 bits per heavy atom. The minimum Gasteiger partial charge on any atom is -0.223 e. The number of fused-ring (bicyclic) bond motifs is 7. The molecule has 0 atom stereocenters. The van der Waals surface area contributed by atoms with Crippen LogP contribution in [0.2, 0.25) is 0 Å². The maximum atomic E-state index is 13.2. The number of rotatable bonds is 16. The van der Waals surface area contributed by atoms with Crippen molar-refractivity contribution in [2.45, 2.75) is 99.3 Å². The highest BCUT2D eigenvalue weighted by molar-refractivity contribution is 7.94. The van der Waals surface area contributed by atoms with E-state index in [1.165, 1.54) is 61.2 Å². The highest BCUT2D eigenvalue weighted by Gasteiger charge is 2.20. The van der Waals surface area contributed by atoms with Crippen LogP contribution in [0.25, 0.3) is 52.5 Å². The Morgan fingerprint density at radius 2 is 0.826 bits per heavy atom. The molecule has 46 heavy (non-hydrogen) atoms. The summed E-state index contributed by atoms with van der Waals surface area (Å²) in [5.41, 5.74) is 0. The second-order valence-electron chi connectivity index (χ2n) is 12.8. The summed E-state index contributed by atoms with van der Waals surface area (Å²) in [5, 5.41) is 8.52. The first-order chi connectivity index (χ1) is 22.2. The molecule has 0 spiro atoms. The largest absolute Gasteiger partial charge is 0.223 e. The molecule has 0 N–H and O–H groups in total. The Balaban J connectivity index is 1.29. The molecule has 4 nitrogen and oxygen atoms in total. The lowest BCUT2D eigenvalue weighted by Gasteiger charge is -2.08. The van der Waals surface area contributed by atoms with Crippen LogP contribution < -0.4 is 0 Å². The Labute approximate surface area is 281 Å². The summed E-state index contributed by atoms with van der Waals surface area (Å²) in [6.45, 7) is 4.37. The maximum Gasteiger partial charge on any atom is 0.187 e. The molecule has 0 amide bonds. The zero-order chi connectivity index (χ0) is 32.3. The van der Waals surface area contributed by atoms with E-state index in [9.17, 15) is 16.8 Å². The van der Waals surface area contributed by atoms with E-state index in [-0.39, 0.29) is 11.5 Å². The highest BCUT2D eigenvalue weighted by Crippen LogP contribution is 2.40. The van der Waals surface area contributed by atoms with Gasteiger partial charge >= 0.3 is 0 Å². The number of unbranched alkanes of at least 4 members (excludes halogenated alkanes) is 10. The van der Waals surface area contributed by atoms with Gasteiger partial charge in [-0.25, -0.2) is 16.8 Å². The van der Waals surface area contributed by atoms with Crippen LogP contribution in [0.1, 0.15) is 90.9 Å². The van der Waals surface area contributed by atoms with Crippen LogP contribution in [0.3, 0.4) is 0 Å². The number of hydrogen-bond acceptors (Lipinski definition) is 6. The summed E-state index contributed by atoms with van der Waals surface area (Å²) in [4.78, 5) is 0. The van der Waals surface area contributed by atoms with E-state index >= 15 is 0 Å². The first-order valence-electron chi connectivity index (χ1n) is 16.9. The average molecular weight is 693 g/mol. The lowest BCUT2D eigenvalue weighted by Crippen LogP contribution is -2.04. The number of benzene rings is 4. The van der Waals surface area contributed by atoms with Crippen molar-refractivity contribution in [3.05, 3.63) is 60.7 Å². The van der Waals surface area contributed by atoms with Gasteiger partial charge in [0.15, 0.2) is 19.7 Å². The molecule has 4 aromatic carbocycles. The van der Waals surface area contributed by atoms with Crippen LogP contribution in [0, 0.1) is 0 Å². The second-order valence-corrected chi connectivity index (χ2v) is 19.6. The summed E-state index contributed by atoms with van der Waals surface area (Å²) in [5.74, 6) is 0.416. The van der Waals surface area contributed by atoms with Gasteiger partial charge in [0.05, 0.1) is 11.5 Å². The van der Waals surface area contributed by atoms with Crippen LogP contribution in [-0.2, 0) is 19.7 Å². The number of thiophene rings is 2. The van der Waals surface area contributed by atoms with Gasteiger partial charge in [-0.15, -0.1) is 22.7 Å². The topological polar surface area (TPSA) is 68.3 Å². The van der Waals surface area contributed by atoms with Crippen molar-refractivity contribution < 1.29 is 16.8 Å². The van der Waals surface area contributed by atoms with Crippen LogP contribution in [0.5, 0.6) is 0 Å². The van der Waals surface area contributed by atoms with Gasteiger partial charge in [-0.2, -0.15) is 0 Å². The van der Waals surface area contributed by atoms with Crippen LogP contribution >= 0.6 is 22.7 Å². The lowest BCUT2D eigenvalue weighted by atomic mass is 9.96. The number of sulfone groups is 2. The molecule has 2 heterocycles. The molecule has 0 aliphatic heterocycles. The molecule has 2 aromatic heterocycles. The van der Waals surface area contributed by atoms with Gasteiger partial charge in [0, 0.05) is 9.40 Å². The molecular formula is C38H44O4S4. The van der Waals surface area contributed by atoms with Gasteiger partial charge in [-0.3, -0.25) is 0 Å². The Bertz CT molecular complexity index is 2060. The van der Waals surface area contributed by atoms with Gasteiger partial charge in [-0.1, -0.05) is 102 Å². The zero-order valence-electron chi connectivity index (χ0n) is 26.9. The monoisotopic (exact) mass is 692 g/mol. The van der Waals surface area contributed by atoms with E-state index < -0.39 is 19.7 Å². The Morgan fingerprint density at radius 1 is 0.435 bits per heavy atom. The fourth-order valence-electron chi connectivity index (χ4n) is 6.55. The average Bonchev–Trinajstić information content (AvgIpc) is 3.67. The van der Waals surface area contributed by atoms with E-state index in [0.717, 1.165) is 78.2 Å². The van der Waals surface area contributed by atoms with Gasteiger partial charge in [0.25, 0.3) is 0 Å². The summed E-state index contributed by atoms with van der Waals surface area (Å²) in [7, 11) is -6.62. The minimum absolute atomic E-state index is 0.208. The Kier molecular flexibility index (Phi) is 10.4. The molecule has 0 aliphatic rings. The van der Waals surface area contributed by atoms with E-state index in [0.29, 0.717) is 21.3 Å². The van der Waals surface area contributed by atoms with Gasteiger partial charge in [0.2, 0.25) is 0 Å². The molecule has 244 valence electrons. The SMILES string of the molecule is CCCCCCCCS(=O)(=O)c1cc2cc3ccc4c5cc6sc(S(=O)(=O)CCCCCCCC)cc6cc5ccc4c3cc2s1. The van der Waals surface area contributed by atoms with Crippen molar-refractivity contribution >= 4 is 94.8 Å². The highest BCUT2D eigenvalue weighted by atomic mass is 32.2. The van der Waals surface area contributed by atoms with E-state index in [1.807, 2.05) is 12.1 Å². The molecule has 6 rings (SSSR count). The second kappa shape index (κ2) is 14.3. The standard InChI is InChI=1S/C38H44O4S4/c1-3-5-7-9-11-13-19-45(39,40)37-23-29-21-27-15-17-32-31(33(27)25-35(29)43-37)18-16-28-22-30-24-38(44-36(30)26-34(28)32)46(41,42)20-14-12-10-8-6-4-2/h15-18,21-26H,3-14,19-20H2,1-2H3. The smallest absolute Gasteiger partial charge is 0.187 e. The van der Waals surface area contributed by atoms with Crippen molar-refractivity contribution in [2.75, 3.05) is 11.5 Å². The van der Waals surface area contributed by atoms with E-state index in [2.05, 4.69) is 62.4 Å². The first kappa shape index (κ1) is 33.4. The quantitative estimate of drug-likeness (QED) is 0.0748. The molecule has 0 fully saturated rings. The maximum absolute atomic E-state index is 13.2.